The second kappa shape index (κ2) is 11.6. The van der Waals surface area contributed by atoms with Crippen LogP contribution in [0.25, 0.3) is 0 Å². The molecule has 0 saturated carbocycles. The number of carbonyl (C=O) groups excluding carboxylic acids is 2. The van der Waals surface area contributed by atoms with Crippen molar-refractivity contribution in [1.82, 2.24) is 10.7 Å². The Balaban J connectivity index is 1.97. The largest absolute Gasteiger partial charge is 0.444 e. The van der Waals surface area contributed by atoms with Gasteiger partial charge in [0.15, 0.2) is 0 Å². The predicted octanol–water partition coefficient (Wildman–Crippen LogP) is 3.16. The first-order valence-electron chi connectivity index (χ1n) is 9.82. The van der Waals surface area contributed by atoms with Gasteiger partial charge in [-0.2, -0.15) is 5.10 Å². The van der Waals surface area contributed by atoms with Crippen LogP contribution in [0.1, 0.15) is 31.9 Å². The number of nitrogens with zero attached hydrogens (tertiary/aromatic N) is 2. The first-order valence-corrected chi connectivity index (χ1v) is 9.82. The molecule has 0 unspecified atom stereocenters. The smallest absolute Gasteiger partial charge is 0.408 e. The van der Waals surface area contributed by atoms with Crippen molar-refractivity contribution < 1.29 is 24.0 Å². The van der Waals surface area contributed by atoms with Crippen molar-refractivity contribution in [2.45, 2.75) is 39.0 Å². The average Bonchev–Trinajstić information content (AvgIpc) is 2.72. The van der Waals surface area contributed by atoms with Gasteiger partial charge in [-0.15, -0.1) is 0 Å². The maximum Gasteiger partial charge on any atom is 0.408 e. The molecule has 10 nitrogen and oxygen atoms in total. The Bertz CT molecular complexity index is 939. The maximum absolute atomic E-state index is 12.6. The molecule has 0 aliphatic heterocycles. The van der Waals surface area contributed by atoms with E-state index >= 15 is 0 Å². The van der Waals surface area contributed by atoms with Crippen LogP contribution in [0.3, 0.4) is 0 Å². The van der Waals surface area contributed by atoms with Gasteiger partial charge in [-0.1, -0.05) is 30.3 Å². The summed E-state index contributed by atoms with van der Waals surface area (Å²) in [5.41, 5.74) is 3.01. The minimum atomic E-state index is -1.05. The fourth-order valence-corrected chi connectivity index (χ4v) is 2.43. The van der Waals surface area contributed by atoms with E-state index < -0.39 is 28.6 Å². The highest BCUT2D eigenvalue weighted by atomic mass is 16.6. The molecule has 2 aromatic carbocycles. The summed E-state index contributed by atoms with van der Waals surface area (Å²) in [5.74, 6) is -0.609. The van der Waals surface area contributed by atoms with E-state index in [2.05, 4.69) is 15.8 Å². The molecule has 2 rings (SSSR count). The summed E-state index contributed by atoms with van der Waals surface area (Å²) in [7, 11) is 0. The lowest BCUT2D eigenvalue weighted by molar-refractivity contribution is -0.384. The Morgan fingerprint density at radius 1 is 1.12 bits per heavy atom. The normalized spacial score (nSPS) is 12.2. The molecule has 10 heteroatoms. The fourth-order valence-electron chi connectivity index (χ4n) is 2.43. The molecule has 0 bridgehead atoms. The molecule has 2 N–H and O–H groups in total. The van der Waals surface area contributed by atoms with Crippen LogP contribution < -0.4 is 10.7 Å². The van der Waals surface area contributed by atoms with Crippen LogP contribution in [0, 0.1) is 10.1 Å². The fraction of sp³-hybridized carbons (Fsp3) is 0.318. The monoisotopic (exact) mass is 442 g/mol. The third kappa shape index (κ3) is 8.92. The van der Waals surface area contributed by atoms with Crippen molar-refractivity contribution in [3.05, 3.63) is 75.8 Å². The predicted molar refractivity (Wildman–Crippen MR) is 118 cm³/mol. The van der Waals surface area contributed by atoms with Gasteiger partial charge in [0.1, 0.15) is 11.6 Å². The van der Waals surface area contributed by atoms with Crippen LogP contribution in [-0.2, 0) is 20.9 Å². The number of hydrogen-bond donors (Lipinski definition) is 2. The first-order chi connectivity index (χ1) is 15.1. The molecule has 2 aromatic rings. The van der Waals surface area contributed by atoms with Crippen molar-refractivity contribution in [3.8, 4) is 0 Å². The summed E-state index contributed by atoms with van der Waals surface area (Å²) >= 11 is 0. The van der Waals surface area contributed by atoms with E-state index in [-0.39, 0.29) is 18.9 Å². The van der Waals surface area contributed by atoms with Crippen LogP contribution in [0.4, 0.5) is 10.5 Å². The molecule has 1 atom stereocenters. The summed E-state index contributed by atoms with van der Waals surface area (Å²) < 4.78 is 10.8. The van der Waals surface area contributed by atoms with Crippen molar-refractivity contribution in [2.75, 3.05) is 6.61 Å². The average molecular weight is 442 g/mol. The minimum Gasteiger partial charge on any atom is -0.444 e. The van der Waals surface area contributed by atoms with Gasteiger partial charge in [-0.3, -0.25) is 14.9 Å². The number of rotatable bonds is 9. The van der Waals surface area contributed by atoms with Crippen LogP contribution in [0.5, 0.6) is 0 Å². The van der Waals surface area contributed by atoms with Gasteiger partial charge in [0.25, 0.3) is 11.6 Å². The van der Waals surface area contributed by atoms with Gasteiger partial charge in [0, 0.05) is 12.1 Å². The number of nitro groups is 1. The van der Waals surface area contributed by atoms with Gasteiger partial charge >= 0.3 is 6.09 Å². The lowest BCUT2D eigenvalue weighted by Gasteiger charge is -2.22. The van der Waals surface area contributed by atoms with Crippen LogP contribution >= 0.6 is 0 Å². The second-order valence-corrected chi connectivity index (χ2v) is 7.78. The Hall–Kier alpha value is -3.79. The van der Waals surface area contributed by atoms with Gasteiger partial charge in [-0.25, -0.2) is 10.2 Å². The molecule has 32 heavy (non-hydrogen) atoms. The molecular weight excluding hydrogens is 416 g/mol. The van der Waals surface area contributed by atoms with Crippen molar-refractivity contribution in [3.63, 3.8) is 0 Å². The van der Waals surface area contributed by atoms with Crippen LogP contribution in [0.15, 0.2) is 59.7 Å². The Kier molecular flexibility index (Phi) is 8.84. The zero-order valence-corrected chi connectivity index (χ0v) is 18.1. The molecular formula is C22H26N4O6. The van der Waals surface area contributed by atoms with E-state index in [9.17, 15) is 19.7 Å². The van der Waals surface area contributed by atoms with E-state index in [1.807, 2.05) is 30.3 Å². The molecule has 0 radical (unpaired) electrons. The number of carbonyl (C=O) groups is 2. The first kappa shape index (κ1) is 24.5. The van der Waals surface area contributed by atoms with Crippen LogP contribution in [-0.4, -0.2) is 41.4 Å². The zero-order chi connectivity index (χ0) is 23.6. The minimum absolute atomic E-state index is 0.0524. The molecule has 0 aliphatic rings. The highest BCUT2D eigenvalue weighted by molar-refractivity contribution is 5.87. The summed E-state index contributed by atoms with van der Waals surface area (Å²) in [4.78, 5) is 34.9. The van der Waals surface area contributed by atoms with E-state index in [4.69, 9.17) is 9.47 Å². The number of alkyl carbamates (subject to hydrolysis) is 1. The van der Waals surface area contributed by atoms with E-state index in [1.165, 1.54) is 30.5 Å². The lowest BCUT2D eigenvalue weighted by atomic mass is 10.2. The summed E-state index contributed by atoms with van der Waals surface area (Å²) in [5, 5.41) is 17.0. The maximum atomic E-state index is 12.6. The highest BCUT2D eigenvalue weighted by Crippen LogP contribution is 2.10. The van der Waals surface area contributed by atoms with Crippen molar-refractivity contribution in [2.24, 2.45) is 5.10 Å². The molecule has 0 saturated heterocycles. The van der Waals surface area contributed by atoms with E-state index in [0.29, 0.717) is 5.56 Å². The van der Waals surface area contributed by atoms with Crippen molar-refractivity contribution >= 4 is 23.9 Å². The second-order valence-electron chi connectivity index (χ2n) is 7.78. The van der Waals surface area contributed by atoms with Gasteiger partial charge < -0.3 is 14.8 Å². The number of nitro benzene ring substituents is 1. The van der Waals surface area contributed by atoms with Gasteiger partial charge in [-0.05, 0) is 44.0 Å². The quantitative estimate of drug-likeness (QED) is 0.348. The zero-order valence-electron chi connectivity index (χ0n) is 18.1. The molecule has 0 aliphatic carbocycles. The van der Waals surface area contributed by atoms with E-state index in [0.717, 1.165) is 5.56 Å². The SMILES string of the molecule is CC(C)(C)OC(=O)N[C@@H](COCc1ccccc1)C(=O)N/N=C\c1ccc([N+](=O)[O-])cc1. The van der Waals surface area contributed by atoms with Crippen LogP contribution in [0.2, 0.25) is 0 Å². The Morgan fingerprint density at radius 3 is 2.38 bits per heavy atom. The molecule has 2 amide bonds. The van der Waals surface area contributed by atoms with E-state index in [1.54, 1.807) is 20.8 Å². The number of nitrogens with one attached hydrogen (secondary N) is 2. The van der Waals surface area contributed by atoms with Crippen molar-refractivity contribution in [1.29, 1.82) is 0 Å². The number of amides is 2. The molecule has 0 heterocycles. The van der Waals surface area contributed by atoms with Gasteiger partial charge in [0.05, 0.1) is 24.4 Å². The third-order valence-electron chi connectivity index (χ3n) is 3.90. The number of hydrogen-bond acceptors (Lipinski definition) is 7. The summed E-state index contributed by atoms with van der Waals surface area (Å²) in [6.07, 6.45) is 0.567. The molecule has 170 valence electrons. The molecule has 0 fully saturated rings. The molecule has 0 spiro atoms. The summed E-state index contributed by atoms with van der Waals surface area (Å²) in [6, 6.07) is 14.0. The third-order valence-corrected chi connectivity index (χ3v) is 3.90. The number of benzene rings is 2. The Morgan fingerprint density at radius 2 is 1.78 bits per heavy atom. The highest BCUT2D eigenvalue weighted by Gasteiger charge is 2.24. The van der Waals surface area contributed by atoms with Gasteiger partial charge in [0.2, 0.25) is 0 Å². The molecule has 0 aromatic heterocycles. The number of non-ortho nitro benzene ring substituents is 1. The standard InChI is InChI=1S/C22H26N4O6/c1-22(2,3)32-21(28)24-19(15-31-14-17-7-5-4-6-8-17)20(27)25-23-13-16-9-11-18(12-10-16)26(29)30/h4-13,19H,14-15H2,1-3H3,(H,24,28)(H,25,27)/b23-13-/t19-/m0/s1. The Labute approximate surface area is 185 Å². The summed E-state index contributed by atoms with van der Waals surface area (Å²) in [6.45, 7) is 5.28. The number of hydrazone groups is 1. The lowest BCUT2D eigenvalue weighted by Crippen LogP contribution is -2.49. The topological polar surface area (TPSA) is 132 Å². The number of ether oxygens (including phenoxy) is 2.